The number of amides is 2. The predicted octanol–water partition coefficient (Wildman–Crippen LogP) is 2.41. The zero-order valence-corrected chi connectivity index (χ0v) is 11.7. The van der Waals surface area contributed by atoms with Crippen molar-refractivity contribution in [3.05, 3.63) is 40.9 Å². The Morgan fingerprint density at radius 3 is 2.38 bits per heavy atom. The zero-order valence-electron chi connectivity index (χ0n) is 11.0. The molecule has 1 fully saturated rings. The minimum atomic E-state index is -1.05. The molecule has 1 aromatic carbocycles. The fraction of sp³-hybridized carbons (Fsp3) is 0.267. The van der Waals surface area contributed by atoms with Crippen molar-refractivity contribution in [2.24, 2.45) is 11.8 Å². The Morgan fingerprint density at radius 1 is 1.14 bits per heavy atom. The highest BCUT2D eigenvalue weighted by molar-refractivity contribution is 6.30. The molecule has 1 heterocycles. The van der Waals surface area contributed by atoms with Crippen LogP contribution in [0.2, 0.25) is 0 Å². The summed E-state index contributed by atoms with van der Waals surface area (Å²) in [6, 6.07) is 5.72. The van der Waals surface area contributed by atoms with Crippen molar-refractivity contribution in [3.8, 4) is 0 Å². The van der Waals surface area contributed by atoms with Crippen LogP contribution in [-0.4, -0.2) is 22.9 Å². The molecule has 1 aliphatic carbocycles. The maximum Gasteiger partial charge on any atom is 0.335 e. The summed E-state index contributed by atoms with van der Waals surface area (Å²) in [5.41, 5.74) is 0.514. The van der Waals surface area contributed by atoms with Crippen LogP contribution in [0.4, 0.5) is 5.69 Å². The molecular weight excluding hydrogens is 294 g/mol. The summed E-state index contributed by atoms with van der Waals surface area (Å²) in [7, 11) is 0. The third kappa shape index (κ3) is 2.23. The van der Waals surface area contributed by atoms with Crippen LogP contribution in [0.15, 0.2) is 35.4 Å². The Kier molecular flexibility index (Phi) is 3.29. The van der Waals surface area contributed by atoms with Crippen molar-refractivity contribution in [3.63, 3.8) is 0 Å². The predicted molar refractivity (Wildman–Crippen MR) is 76.0 cm³/mol. The zero-order chi connectivity index (χ0) is 15.1. The first-order chi connectivity index (χ1) is 9.99. The van der Waals surface area contributed by atoms with E-state index in [-0.39, 0.29) is 23.3 Å². The van der Waals surface area contributed by atoms with Gasteiger partial charge >= 0.3 is 5.97 Å². The average Bonchev–Trinajstić information content (AvgIpc) is 2.70. The molecule has 2 aliphatic rings. The van der Waals surface area contributed by atoms with Gasteiger partial charge in [0.1, 0.15) is 0 Å². The van der Waals surface area contributed by atoms with E-state index in [1.54, 1.807) is 6.08 Å². The lowest BCUT2D eigenvalue weighted by Crippen LogP contribution is -2.30. The number of nitrogens with zero attached hydrogens (tertiary/aromatic N) is 1. The highest BCUT2D eigenvalue weighted by atomic mass is 35.5. The van der Waals surface area contributed by atoms with Gasteiger partial charge in [-0.3, -0.25) is 14.5 Å². The molecule has 1 saturated heterocycles. The Balaban J connectivity index is 1.91. The molecule has 108 valence electrons. The van der Waals surface area contributed by atoms with Crippen LogP contribution in [-0.2, 0) is 9.59 Å². The summed E-state index contributed by atoms with van der Waals surface area (Å²) in [6.45, 7) is 0. The van der Waals surface area contributed by atoms with Crippen molar-refractivity contribution in [1.29, 1.82) is 0 Å². The van der Waals surface area contributed by atoms with Crippen LogP contribution in [0.1, 0.15) is 23.2 Å². The minimum Gasteiger partial charge on any atom is -0.478 e. The lowest BCUT2D eigenvalue weighted by molar-refractivity contribution is -0.122. The number of anilines is 1. The number of carboxylic acids is 1. The van der Waals surface area contributed by atoms with E-state index in [4.69, 9.17) is 16.7 Å². The number of carboxylic acid groups (broad SMARTS) is 1. The number of carbonyl (C=O) groups is 3. The molecule has 0 spiro atoms. The van der Waals surface area contributed by atoms with Crippen molar-refractivity contribution in [2.45, 2.75) is 12.8 Å². The second kappa shape index (κ2) is 5.00. The number of hydrogen-bond donors (Lipinski definition) is 1. The first-order valence-electron chi connectivity index (χ1n) is 6.54. The molecule has 21 heavy (non-hydrogen) atoms. The van der Waals surface area contributed by atoms with Gasteiger partial charge in [-0.15, -0.1) is 0 Å². The van der Waals surface area contributed by atoms with E-state index in [9.17, 15) is 14.4 Å². The Labute approximate surface area is 125 Å². The molecule has 6 heteroatoms. The van der Waals surface area contributed by atoms with Crippen molar-refractivity contribution in [1.82, 2.24) is 0 Å². The monoisotopic (exact) mass is 305 g/mol. The standard InChI is InChI=1S/C15H12ClNO4/c16-9-3-6-11-12(7-9)14(19)17(13(11)18)10-4-1-8(2-5-10)15(20)21/h1-5,11-12H,6-7H2,(H,20,21)/t11-,12-/m1/s1. The molecule has 1 N–H and O–H groups in total. The van der Waals surface area contributed by atoms with Gasteiger partial charge in [-0.05, 0) is 37.1 Å². The van der Waals surface area contributed by atoms with Crippen LogP contribution in [0.3, 0.4) is 0 Å². The van der Waals surface area contributed by atoms with E-state index in [2.05, 4.69) is 0 Å². The lowest BCUT2D eigenvalue weighted by Gasteiger charge is -2.17. The number of halogens is 1. The molecule has 5 nitrogen and oxygen atoms in total. The Morgan fingerprint density at radius 2 is 1.76 bits per heavy atom. The summed E-state index contributed by atoms with van der Waals surface area (Å²) in [6.07, 6.45) is 2.64. The summed E-state index contributed by atoms with van der Waals surface area (Å²) in [5.74, 6) is -2.33. The summed E-state index contributed by atoms with van der Waals surface area (Å²) in [5, 5.41) is 9.49. The van der Waals surface area contributed by atoms with Gasteiger partial charge < -0.3 is 5.11 Å². The number of hydrogen-bond acceptors (Lipinski definition) is 3. The van der Waals surface area contributed by atoms with Crippen LogP contribution in [0, 0.1) is 11.8 Å². The molecular formula is C15H12ClNO4. The van der Waals surface area contributed by atoms with Crippen LogP contribution in [0.5, 0.6) is 0 Å². The van der Waals surface area contributed by atoms with Crippen LogP contribution >= 0.6 is 11.6 Å². The van der Waals surface area contributed by atoms with Crippen molar-refractivity contribution in [2.75, 3.05) is 4.90 Å². The number of allylic oxidation sites excluding steroid dienone is 2. The largest absolute Gasteiger partial charge is 0.478 e. The maximum atomic E-state index is 12.4. The van der Waals surface area contributed by atoms with Gasteiger partial charge in [0.15, 0.2) is 0 Å². The van der Waals surface area contributed by atoms with E-state index >= 15 is 0 Å². The molecule has 0 unspecified atom stereocenters. The van der Waals surface area contributed by atoms with E-state index in [1.165, 1.54) is 24.3 Å². The number of imide groups is 1. The van der Waals surface area contributed by atoms with Gasteiger partial charge in [0, 0.05) is 5.03 Å². The van der Waals surface area contributed by atoms with Crippen LogP contribution in [0.25, 0.3) is 0 Å². The quantitative estimate of drug-likeness (QED) is 0.851. The Hall–Kier alpha value is -2.14. The SMILES string of the molecule is O=C(O)c1ccc(N2C(=O)[C@@H]3CC=C(Cl)C[C@H]3C2=O)cc1. The average molecular weight is 306 g/mol. The smallest absolute Gasteiger partial charge is 0.335 e. The van der Waals surface area contributed by atoms with Gasteiger partial charge in [-0.1, -0.05) is 17.7 Å². The molecule has 1 aromatic rings. The number of benzene rings is 1. The highest BCUT2D eigenvalue weighted by Gasteiger charge is 2.48. The van der Waals surface area contributed by atoms with Gasteiger partial charge in [0.05, 0.1) is 23.1 Å². The molecule has 0 radical (unpaired) electrons. The molecule has 2 atom stereocenters. The van der Waals surface area contributed by atoms with E-state index in [0.29, 0.717) is 23.6 Å². The third-order valence-corrected chi connectivity index (χ3v) is 4.25. The number of aromatic carboxylic acids is 1. The highest BCUT2D eigenvalue weighted by Crippen LogP contribution is 2.40. The molecule has 3 rings (SSSR count). The van der Waals surface area contributed by atoms with Gasteiger partial charge in [-0.25, -0.2) is 4.79 Å². The maximum absolute atomic E-state index is 12.4. The van der Waals surface area contributed by atoms with Crippen molar-refractivity contribution >= 4 is 35.1 Å². The minimum absolute atomic E-state index is 0.111. The fourth-order valence-corrected chi connectivity index (χ4v) is 3.09. The second-order valence-electron chi connectivity index (χ2n) is 5.17. The first-order valence-corrected chi connectivity index (χ1v) is 6.92. The number of carbonyl (C=O) groups excluding carboxylic acids is 2. The number of rotatable bonds is 2. The number of fused-ring (bicyclic) bond motifs is 1. The summed E-state index contributed by atoms with van der Waals surface area (Å²) < 4.78 is 0. The molecule has 0 bridgehead atoms. The van der Waals surface area contributed by atoms with Gasteiger partial charge in [-0.2, -0.15) is 0 Å². The Bertz CT molecular complexity index is 665. The van der Waals surface area contributed by atoms with Crippen molar-refractivity contribution < 1.29 is 19.5 Å². The van der Waals surface area contributed by atoms with E-state index < -0.39 is 11.9 Å². The second-order valence-corrected chi connectivity index (χ2v) is 5.65. The van der Waals surface area contributed by atoms with E-state index in [0.717, 1.165) is 4.90 Å². The first kappa shape index (κ1) is 13.8. The topological polar surface area (TPSA) is 74.7 Å². The summed E-state index contributed by atoms with van der Waals surface area (Å²) in [4.78, 5) is 36.8. The molecule has 1 aliphatic heterocycles. The van der Waals surface area contributed by atoms with Gasteiger partial charge in [0.2, 0.25) is 11.8 Å². The lowest BCUT2D eigenvalue weighted by atomic mass is 9.85. The summed E-state index contributed by atoms with van der Waals surface area (Å²) >= 11 is 5.96. The molecule has 2 amide bonds. The fourth-order valence-electron chi connectivity index (χ4n) is 2.83. The third-order valence-electron chi connectivity index (χ3n) is 3.94. The van der Waals surface area contributed by atoms with E-state index in [1.807, 2.05) is 0 Å². The normalized spacial score (nSPS) is 24.8. The van der Waals surface area contributed by atoms with Gasteiger partial charge in [0.25, 0.3) is 0 Å². The molecule has 0 saturated carbocycles. The molecule has 0 aromatic heterocycles. The van der Waals surface area contributed by atoms with Crippen LogP contribution < -0.4 is 4.90 Å².